The number of hydrogen-bond donors (Lipinski definition) is 0. The topological polar surface area (TPSA) is 97.4 Å². The van der Waals surface area contributed by atoms with Crippen LogP contribution < -0.4 is 15.1 Å². The van der Waals surface area contributed by atoms with Gasteiger partial charge in [0.1, 0.15) is 18.2 Å². The Bertz CT molecular complexity index is 1430. The van der Waals surface area contributed by atoms with E-state index in [2.05, 4.69) is 22.9 Å². The lowest BCUT2D eigenvalue weighted by Gasteiger charge is -2.29. The first-order chi connectivity index (χ1) is 17.4. The summed E-state index contributed by atoms with van der Waals surface area (Å²) in [4.78, 5) is 32.4. The van der Waals surface area contributed by atoms with Crippen molar-refractivity contribution in [3.05, 3.63) is 63.6 Å². The van der Waals surface area contributed by atoms with Gasteiger partial charge in [0.05, 0.1) is 29.4 Å². The second kappa shape index (κ2) is 9.30. The maximum absolute atomic E-state index is 13.3. The third-order valence-electron chi connectivity index (χ3n) is 7.35. The molecule has 5 rings (SSSR count). The van der Waals surface area contributed by atoms with Crippen LogP contribution in [-0.2, 0) is 10.3 Å². The Balaban J connectivity index is 1.58. The molecule has 8 nitrogen and oxygen atoms in total. The summed E-state index contributed by atoms with van der Waals surface area (Å²) in [5, 5.41) is 10.4. The molecule has 0 radical (unpaired) electrons. The van der Waals surface area contributed by atoms with Crippen molar-refractivity contribution < 1.29 is 14.3 Å². The molecule has 1 aromatic carbocycles. The molecule has 0 N–H and O–H groups in total. The molecule has 3 heterocycles. The van der Waals surface area contributed by atoms with E-state index < -0.39 is 11.4 Å². The number of hydrogen-bond acceptors (Lipinski definition) is 7. The highest BCUT2D eigenvalue weighted by molar-refractivity contribution is 5.95. The third-order valence-corrected chi connectivity index (χ3v) is 7.35. The van der Waals surface area contributed by atoms with Gasteiger partial charge in [0.2, 0.25) is 11.3 Å². The van der Waals surface area contributed by atoms with Crippen LogP contribution in [0.15, 0.2) is 41.5 Å². The quantitative estimate of drug-likeness (QED) is 0.459. The second-order valence-electron chi connectivity index (χ2n) is 9.88. The summed E-state index contributed by atoms with van der Waals surface area (Å²) < 4.78 is 13.2. The molecule has 1 saturated carbocycles. The first-order valence-electron chi connectivity index (χ1n) is 12.5. The van der Waals surface area contributed by atoms with Gasteiger partial charge in [-0.05, 0) is 64.7 Å². The average Bonchev–Trinajstić information content (AvgIpc) is 3.45. The molecule has 1 atom stereocenters. The van der Waals surface area contributed by atoms with Gasteiger partial charge in [-0.15, -0.1) is 0 Å². The predicted molar refractivity (Wildman–Crippen MR) is 137 cm³/mol. The largest absolute Gasteiger partial charge is 0.475 e. The molecule has 3 aromatic rings. The van der Waals surface area contributed by atoms with Crippen LogP contribution in [0.5, 0.6) is 5.88 Å². The normalized spacial score (nSPS) is 18.2. The Morgan fingerprint density at radius 2 is 2.14 bits per heavy atom. The first kappa shape index (κ1) is 23.9. The zero-order valence-corrected chi connectivity index (χ0v) is 20.9. The standard InChI is InChI=1S/C28H30N4O4/c1-4-35-27(34)22-16-32(28(3)9-10-28)24-14-23(19(15-29)13-21(24)25(22)33)31-12-6-8-20(31)17-36-26-18(2)7-5-11-30-26/h5,7,11,13-14,16,20H,4,6,8-10,12,17H2,1-3H3. The fraction of sp³-hybridized carbons (Fsp3) is 0.429. The molecular formula is C28H30N4O4. The minimum atomic E-state index is -0.633. The van der Waals surface area contributed by atoms with Crippen LogP contribution in [0.3, 0.4) is 0 Å². The van der Waals surface area contributed by atoms with E-state index in [1.54, 1.807) is 25.4 Å². The van der Waals surface area contributed by atoms with Crippen molar-refractivity contribution in [2.45, 2.75) is 58.0 Å². The van der Waals surface area contributed by atoms with Crippen LogP contribution in [-0.4, -0.2) is 41.3 Å². The summed E-state index contributed by atoms with van der Waals surface area (Å²) in [6.07, 6.45) is 7.16. The Morgan fingerprint density at radius 1 is 1.33 bits per heavy atom. The van der Waals surface area contributed by atoms with Crippen molar-refractivity contribution in [1.82, 2.24) is 9.55 Å². The number of anilines is 1. The van der Waals surface area contributed by atoms with Crippen molar-refractivity contribution in [1.29, 1.82) is 5.26 Å². The van der Waals surface area contributed by atoms with E-state index >= 15 is 0 Å². The average molecular weight is 487 g/mol. The minimum absolute atomic E-state index is 0.00675. The van der Waals surface area contributed by atoms with Gasteiger partial charge < -0.3 is 18.9 Å². The second-order valence-corrected chi connectivity index (χ2v) is 9.88. The molecule has 36 heavy (non-hydrogen) atoms. The molecule has 1 aliphatic heterocycles. The highest BCUT2D eigenvalue weighted by Gasteiger charge is 2.41. The van der Waals surface area contributed by atoms with Crippen LogP contribution in [0, 0.1) is 18.3 Å². The summed E-state index contributed by atoms with van der Waals surface area (Å²) in [6.45, 7) is 7.22. The summed E-state index contributed by atoms with van der Waals surface area (Å²) in [5.74, 6) is -0.0167. The van der Waals surface area contributed by atoms with Gasteiger partial charge in [-0.3, -0.25) is 4.79 Å². The fourth-order valence-electron chi connectivity index (χ4n) is 5.03. The van der Waals surface area contributed by atoms with E-state index in [1.807, 2.05) is 29.7 Å². The molecule has 1 aliphatic carbocycles. The Hall–Kier alpha value is -3.86. The number of nitriles is 1. The number of esters is 1. The zero-order chi connectivity index (χ0) is 25.4. The number of carbonyl (C=O) groups is 1. The number of benzene rings is 1. The smallest absolute Gasteiger partial charge is 0.343 e. The molecular weight excluding hydrogens is 456 g/mol. The molecule has 2 aromatic heterocycles. The number of aryl methyl sites for hydroxylation is 1. The van der Waals surface area contributed by atoms with Crippen LogP contribution in [0.4, 0.5) is 5.69 Å². The van der Waals surface area contributed by atoms with Gasteiger partial charge >= 0.3 is 5.97 Å². The van der Waals surface area contributed by atoms with Gasteiger partial charge in [0, 0.05) is 35.4 Å². The molecule has 1 unspecified atom stereocenters. The Morgan fingerprint density at radius 3 is 2.83 bits per heavy atom. The molecule has 0 bridgehead atoms. The highest BCUT2D eigenvalue weighted by Crippen LogP contribution is 2.45. The van der Waals surface area contributed by atoms with E-state index in [4.69, 9.17) is 9.47 Å². The van der Waals surface area contributed by atoms with Crippen molar-refractivity contribution >= 4 is 22.6 Å². The van der Waals surface area contributed by atoms with Gasteiger partial charge in [-0.25, -0.2) is 9.78 Å². The summed E-state index contributed by atoms with van der Waals surface area (Å²) in [7, 11) is 0. The van der Waals surface area contributed by atoms with Crippen molar-refractivity contribution in [3.63, 3.8) is 0 Å². The minimum Gasteiger partial charge on any atom is -0.475 e. The lowest BCUT2D eigenvalue weighted by molar-refractivity contribution is 0.0524. The third kappa shape index (κ3) is 4.19. The van der Waals surface area contributed by atoms with Crippen molar-refractivity contribution in [2.24, 2.45) is 0 Å². The number of ether oxygens (including phenoxy) is 2. The SMILES string of the molecule is CCOC(=O)c1cn(C2(C)CC2)c2cc(N3CCCC3COc3ncccc3C)c(C#N)cc2c1=O. The summed E-state index contributed by atoms with van der Waals surface area (Å²) in [6, 6.07) is 9.78. The van der Waals surface area contributed by atoms with E-state index in [-0.39, 0.29) is 23.8 Å². The number of nitrogens with zero attached hydrogens (tertiary/aromatic N) is 4. The number of carbonyl (C=O) groups excluding carboxylic acids is 1. The van der Waals surface area contributed by atoms with E-state index in [9.17, 15) is 14.9 Å². The van der Waals surface area contributed by atoms with Crippen LogP contribution >= 0.6 is 0 Å². The maximum atomic E-state index is 13.3. The van der Waals surface area contributed by atoms with E-state index in [1.165, 1.54) is 0 Å². The molecule has 2 aliphatic rings. The number of rotatable bonds is 7. The molecule has 0 spiro atoms. The van der Waals surface area contributed by atoms with Gasteiger partial charge in [0.15, 0.2) is 0 Å². The Labute approximate surface area is 210 Å². The number of fused-ring (bicyclic) bond motifs is 1. The van der Waals surface area contributed by atoms with E-state index in [0.717, 1.165) is 49.0 Å². The number of pyridine rings is 2. The maximum Gasteiger partial charge on any atom is 0.343 e. The monoisotopic (exact) mass is 486 g/mol. The van der Waals surface area contributed by atoms with E-state index in [0.29, 0.717) is 23.4 Å². The van der Waals surface area contributed by atoms with Crippen LogP contribution in [0.25, 0.3) is 10.9 Å². The zero-order valence-electron chi connectivity index (χ0n) is 20.9. The molecule has 8 heteroatoms. The lowest BCUT2D eigenvalue weighted by Crippen LogP contribution is -2.35. The molecule has 2 fully saturated rings. The fourth-order valence-corrected chi connectivity index (χ4v) is 5.03. The summed E-state index contributed by atoms with van der Waals surface area (Å²) >= 11 is 0. The summed E-state index contributed by atoms with van der Waals surface area (Å²) in [5.41, 5.74) is 2.33. The Kier molecular flexibility index (Phi) is 6.17. The van der Waals surface area contributed by atoms with Crippen molar-refractivity contribution in [2.75, 3.05) is 24.7 Å². The first-order valence-corrected chi connectivity index (χ1v) is 12.5. The van der Waals surface area contributed by atoms with Crippen molar-refractivity contribution in [3.8, 4) is 11.9 Å². The van der Waals surface area contributed by atoms with Gasteiger partial charge in [-0.2, -0.15) is 5.26 Å². The highest BCUT2D eigenvalue weighted by atomic mass is 16.5. The predicted octanol–water partition coefficient (Wildman–Crippen LogP) is 4.31. The van der Waals surface area contributed by atoms with Crippen LogP contribution in [0.2, 0.25) is 0 Å². The number of aromatic nitrogens is 2. The van der Waals surface area contributed by atoms with Crippen LogP contribution in [0.1, 0.15) is 61.0 Å². The molecule has 0 amide bonds. The van der Waals surface area contributed by atoms with Gasteiger partial charge in [0.25, 0.3) is 0 Å². The molecule has 186 valence electrons. The lowest BCUT2D eigenvalue weighted by atomic mass is 10.0. The van der Waals surface area contributed by atoms with Gasteiger partial charge in [-0.1, -0.05) is 6.07 Å². The molecule has 1 saturated heterocycles.